The molecule has 2 aromatic rings. The lowest BCUT2D eigenvalue weighted by molar-refractivity contribution is 0.102. The van der Waals surface area contributed by atoms with Crippen LogP contribution in [0.4, 0.5) is 5.69 Å². The SMILES string of the molecule is COCc1ccccc1NC(=O)c1ccc(CCN)cc1. The van der Waals surface area contributed by atoms with Crippen LogP contribution in [0.1, 0.15) is 21.5 Å². The van der Waals surface area contributed by atoms with Gasteiger partial charge in [0.1, 0.15) is 0 Å². The summed E-state index contributed by atoms with van der Waals surface area (Å²) in [5.41, 5.74) is 9.00. The molecule has 0 bridgehead atoms. The number of para-hydroxylation sites is 1. The van der Waals surface area contributed by atoms with Gasteiger partial charge in [0.05, 0.1) is 6.61 Å². The van der Waals surface area contributed by atoms with Gasteiger partial charge in [0.25, 0.3) is 5.91 Å². The van der Waals surface area contributed by atoms with Gasteiger partial charge in [-0.15, -0.1) is 0 Å². The fourth-order valence-electron chi connectivity index (χ4n) is 2.11. The summed E-state index contributed by atoms with van der Waals surface area (Å²) in [5, 5.41) is 2.92. The molecule has 4 nitrogen and oxygen atoms in total. The molecule has 2 rings (SSSR count). The summed E-state index contributed by atoms with van der Waals surface area (Å²) in [5.74, 6) is -0.127. The zero-order valence-corrected chi connectivity index (χ0v) is 12.1. The molecule has 0 aliphatic rings. The van der Waals surface area contributed by atoms with Crippen LogP contribution in [-0.2, 0) is 17.8 Å². The Balaban J connectivity index is 2.10. The number of benzene rings is 2. The third kappa shape index (κ3) is 4.15. The van der Waals surface area contributed by atoms with Gasteiger partial charge in [-0.2, -0.15) is 0 Å². The van der Waals surface area contributed by atoms with Crippen LogP contribution in [0.25, 0.3) is 0 Å². The molecule has 0 aliphatic heterocycles. The van der Waals surface area contributed by atoms with E-state index in [1.807, 2.05) is 48.5 Å². The van der Waals surface area contributed by atoms with E-state index in [1.54, 1.807) is 7.11 Å². The van der Waals surface area contributed by atoms with E-state index < -0.39 is 0 Å². The number of hydrogen-bond donors (Lipinski definition) is 2. The van der Waals surface area contributed by atoms with Crippen molar-refractivity contribution in [3.63, 3.8) is 0 Å². The summed E-state index contributed by atoms with van der Waals surface area (Å²) in [4.78, 5) is 12.3. The van der Waals surface area contributed by atoms with Gasteiger partial charge in [0, 0.05) is 23.9 Å². The smallest absolute Gasteiger partial charge is 0.255 e. The second-order valence-corrected chi connectivity index (χ2v) is 4.78. The molecule has 0 radical (unpaired) electrons. The predicted molar refractivity (Wildman–Crippen MR) is 84.3 cm³/mol. The largest absolute Gasteiger partial charge is 0.380 e. The number of nitrogens with two attached hydrogens (primary N) is 1. The van der Waals surface area contributed by atoms with Crippen molar-refractivity contribution >= 4 is 11.6 Å². The highest BCUT2D eigenvalue weighted by Gasteiger charge is 2.08. The minimum Gasteiger partial charge on any atom is -0.380 e. The predicted octanol–water partition coefficient (Wildman–Crippen LogP) is 2.59. The number of amides is 1. The maximum absolute atomic E-state index is 12.3. The van der Waals surface area contributed by atoms with Gasteiger partial charge in [-0.25, -0.2) is 0 Å². The first-order chi connectivity index (χ1) is 10.2. The monoisotopic (exact) mass is 284 g/mol. The number of carbonyl (C=O) groups is 1. The van der Waals surface area contributed by atoms with Crippen LogP contribution in [0, 0.1) is 0 Å². The lowest BCUT2D eigenvalue weighted by Gasteiger charge is -2.10. The molecule has 0 spiro atoms. The van der Waals surface area contributed by atoms with Crippen LogP contribution in [0.5, 0.6) is 0 Å². The number of carbonyl (C=O) groups excluding carboxylic acids is 1. The van der Waals surface area contributed by atoms with Crippen molar-refractivity contribution < 1.29 is 9.53 Å². The summed E-state index contributed by atoms with van der Waals surface area (Å²) in [7, 11) is 1.63. The van der Waals surface area contributed by atoms with E-state index >= 15 is 0 Å². The molecule has 4 heteroatoms. The van der Waals surface area contributed by atoms with Crippen molar-refractivity contribution in [2.45, 2.75) is 13.0 Å². The molecule has 0 aliphatic carbocycles. The molecule has 110 valence electrons. The molecule has 0 saturated heterocycles. The Labute approximate surface area is 124 Å². The summed E-state index contributed by atoms with van der Waals surface area (Å²) in [6.07, 6.45) is 0.818. The Morgan fingerprint density at radius 1 is 1.14 bits per heavy atom. The average Bonchev–Trinajstić information content (AvgIpc) is 2.50. The summed E-state index contributed by atoms with van der Waals surface area (Å²) >= 11 is 0. The first-order valence-electron chi connectivity index (χ1n) is 6.92. The average molecular weight is 284 g/mol. The van der Waals surface area contributed by atoms with E-state index in [0.29, 0.717) is 18.7 Å². The van der Waals surface area contributed by atoms with Crippen molar-refractivity contribution in [3.05, 3.63) is 65.2 Å². The fraction of sp³-hybridized carbons (Fsp3) is 0.235. The van der Waals surface area contributed by atoms with E-state index in [-0.39, 0.29) is 5.91 Å². The van der Waals surface area contributed by atoms with Crippen LogP contribution < -0.4 is 11.1 Å². The summed E-state index contributed by atoms with van der Waals surface area (Å²) < 4.78 is 5.14. The highest BCUT2D eigenvalue weighted by molar-refractivity contribution is 6.04. The number of hydrogen-bond acceptors (Lipinski definition) is 3. The third-order valence-corrected chi connectivity index (χ3v) is 3.21. The van der Waals surface area contributed by atoms with Gasteiger partial charge in [-0.1, -0.05) is 30.3 Å². The van der Waals surface area contributed by atoms with Gasteiger partial charge < -0.3 is 15.8 Å². The van der Waals surface area contributed by atoms with Crippen LogP contribution in [0.3, 0.4) is 0 Å². The Hall–Kier alpha value is -2.17. The zero-order chi connectivity index (χ0) is 15.1. The lowest BCUT2D eigenvalue weighted by atomic mass is 10.1. The van der Waals surface area contributed by atoms with Crippen molar-refractivity contribution in [1.29, 1.82) is 0 Å². The topological polar surface area (TPSA) is 64.3 Å². The molecule has 21 heavy (non-hydrogen) atoms. The molecule has 0 aromatic heterocycles. The van der Waals surface area contributed by atoms with Crippen molar-refractivity contribution in [1.82, 2.24) is 0 Å². The van der Waals surface area contributed by atoms with Gasteiger partial charge in [0.2, 0.25) is 0 Å². The standard InChI is InChI=1S/C17H20N2O2/c1-21-12-15-4-2-3-5-16(15)19-17(20)14-8-6-13(7-9-14)10-11-18/h2-9H,10-12,18H2,1H3,(H,19,20). The number of rotatable bonds is 6. The number of ether oxygens (including phenoxy) is 1. The Morgan fingerprint density at radius 2 is 1.86 bits per heavy atom. The lowest BCUT2D eigenvalue weighted by Crippen LogP contribution is -2.13. The number of nitrogens with one attached hydrogen (secondary N) is 1. The molecule has 0 atom stereocenters. The van der Waals surface area contributed by atoms with Gasteiger partial charge >= 0.3 is 0 Å². The molecule has 1 amide bonds. The van der Waals surface area contributed by atoms with Crippen LogP contribution in [0.15, 0.2) is 48.5 Å². The van der Waals surface area contributed by atoms with E-state index in [4.69, 9.17) is 10.5 Å². The highest BCUT2D eigenvalue weighted by Crippen LogP contribution is 2.17. The normalized spacial score (nSPS) is 10.4. The second kappa shape index (κ2) is 7.57. The first kappa shape index (κ1) is 15.2. The van der Waals surface area contributed by atoms with Gasteiger partial charge in [-0.3, -0.25) is 4.79 Å². The van der Waals surface area contributed by atoms with E-state index in [0.717, 1.165) is 23.2 Å². The number of methoxy groups -OCH3 is 1. The molecular formula is C17H20N2O2. The first-order valence-corrected chi connectivity index (χ1v) is 6.92. The van der Waals surface area contributed by atoms with Gasteiger partial charge in [0.15, 0.2) is 0 Å². The molecular weight excluding hydrogens is 264 g/mol. The zero-order valence-electron chi connectivity index (χ0n) is 12.1. The molecule has 0 saturated carbocycles. The van der Waals surface area contributed by atoms with E-state index in [9.17, 15) is 4.79 Å². The number of anilines is 1. The maximum Gasteiger partial charge on any atom is 0.255 e. The fourth-order valence-corrected chi connectivity index (χ4v) is 2.11. The third-order valence-electron chi connectivity index (χ3n) is 3.21. The van der Waals surface area contributed by atoms with Crippen LogP contribution >= 0.6 is 0 Å². The molecule has 0 unspecified atom stereocenters. The molecule has 3 N–H and O–H groups in total. The maximum atomic E-state index is 12.3. The summed E-state index contributed by atoms with van der Waals surface area (Å²) in [6, 6.07) is 15.1. The Bertz CT molecular complexity index is 594. The minimum atomic E-state index is -0.127. The Kier molecular flexibility index (Phi) is 5.49. The van der Waals surface area contributed by atoms with E-state index in [2.05, 4.69) is 5.32 Å². The van der Waals surface area contributed by atoms with Crippen molar-refractivity contribution in [2.75, 3.05) is 19.0 Å². The minimum absolute atomic E-state index is 0.127. The van der Waals surface area contributed by atoms with Crippen LogP contribution in [0.2, 0.25) is 0 Å². The quantitative estimate of drug-likeness (QED) is 0.857. The molecule has 0 heterocycles. The second-order valence-electron chi connectivity index (χ2n) is 4.78. The molecule has 0 fully saturated rings. The van der Waals surface area contributed by atoms with Crippen molar-refractivity contribution in [3.8, 4) is 0 Å². The summed E-state index contributed by atoms with van der Waals surface area (Å²) in [6.45, 7) is 1.07. The van der Waals surface area contributed by atoms with Crippen LogP contribution in [-0.4, -0.2) is 19.6 Å². The van der Waals surface area contributed by atoms with Gasteiger partial charge in [-0.05, 0) is 36.7 Å². The Morgan fingerprint density at radius 3 is 2.52 bits per heavy atom. The van der Waals surface area contributed by atoms with E-state index in [1.165, 1.54) is 0 Å². The highest BCUT2D eigenvalue weighted by atomic mass is 16.5. The van der Waals surface area contributed by atoms with Crippen molar-refractivity contribution in [2.24, 2.45) is 5.73 Å². The molecule has 2 aromatic carbocycles.